The first-order valence-corrected chi connectivity index (χ1v) is 34.2. The minimum atomic E-state index is -1.51. The SMILES string of the molecule is CCCC(=O)OCN(CCCc1nc(C(=O)N[C@@H](Cc2ccc(O)cc2)C[C@H](C)C(=O)NNC(=O)OCCSSCCNC(=O)[C@H](CC(=O)O)NC(=O)[C@@H](N)CNC(=O)CNC(=O)[C@H](Cc2ccccc2)NC=O)cs1)C(=O)[C@@H](NC(=O)[C@H]1CCCCN1C)C(C)CC. The van der Waals surface area contributed by atoms with E-state index in [9.17, 15) is 67.7 Å². The molecule has 93 heavy (non-hydrogen) atoms. The van der Waals surface area contributed by atoms with Gasteiger partial charge in [-0.1, -0.05) is 105 Å². The van der Waals surface area contributed by atoms with Crippen molar-refractivity contribution in [2.45, 2.75) is 141 Å². The maximum absolute atomic E-state index is 14.2. The van der Waals surface area contributed by atoms with Crippen LogP contribution in [0.3, 0.4) is 0 Å². The van der Waals surface area contributed by atoms with E-state index < -0.39 is 109 Å². The van der Waals surface area contributed by atoms with E-state index in [1.54, 1.807) is 54.8 Å². The Morgan fingerprint density at radius 3 is 2.24 bits per heavy atom. The highest BCUT2D eigenvalue weighted by Crippen LogP contribution is 2.22. The maximum atomic E-state index is 14.2. The first kappa shape index (κ1) is 77.4. The molecule has 0 saturated carbocycles. The van der Waals surface area contributed by atoms with Gasteiger partial charge in [0.05, 0.1) is 24.0 Å². The molecule has 1 unspecified atom stereocenters. The summed E-state index contributed by atoms with van der Waals surface area (Å²) in [6, 6.07) is 9.53. The number of thiazole rings is 1. The molecule has 10 amide bonds. The number of carbonyl (C=O) groups is 12. The Balaban J connectivity index is 1.18. The average Bonchev–Trinajstić information content (AvgIpc) is 3.29. The van der Waals surface area contributed by atoms with Crippen molar-refractivity contribution in [3.8, 4) is 5.75 Å². The van der Waals surface area contributed by atoms with E-state index in [0.717, 1.165) is 30.5 Å². The van der Waals surface area contributed by atoms with Gasteiger partial charge >= 0.3 is 18.0 Å². The maximum Gasteiger partial charge on any atom is 0.426 e. The fourth-order valence-electron chi connectivity index (χ4n) is 9.44. The molecular weight excluding hydrogens is 1270 g/mol. The first-order chi connectivity index (χ1) is 44.5. The van der Waals surface area contributed by atoms with Crippen LogP contribution in [0.25, 0.3) is 0 Å². The molecule has 0 spiro atoms. The number of likely N-dealkylation sites (N-methyl/N-ethyl adjacent to an activating group) is 1. The van der Waals surface area contributed by atoms with Crippen molar-refractivity contribution in [2.24, 2.45) is 17.6 Å². The summed E-state index contributed by atoms with van der Waals surface area (Å²) < 4.78 is 10.7. The Morgan fingerprint density at radius 1 is 0.839 bits per heavy atom. The summed E-state index contributed by atoms with van der Waals surface area (Å²) in [5.41, 5.74) is 12.1. The molecule has 32 heteroatoms. The number of esters is 1. The summed E-state index contributed by atoms with van der Waals surface area (Å²) in [4.78, 5) is 161. The molecule has 13 N–H and O–H groups in total. The predicted molar refractivity (Wildman–Crippen MR) is 348 cm³/mol. The number of aromatic hydroxyl groups is 1. The molecule has 0 radical (unpaired) electrons. The van der Waals surface area contributed by atoms with E-state index in [-0.39, 0.29) is 93.1 Å². The number of rotatable bonds is 41. The zero-order chi connectivity index (χ0) is 68.2. The number of amides is 10. The van der Waals surface area contributed by atoms with Crippen LogP contribution in [0, 0.1) is 11.8 Å². The van der Waals surface area contributed by atoms with Gasteiger partial charge in [0.25, 0.3) is 5.91 Å². The van der Waals surface area contributed by atoms with E-state index in [1.165, 1.54) is 50.0 Å². The van der Waals surface area contributed by atoms with Gasteiger partial charge in [-0.3, -0.25) is 63.1 Å². The molecule has 0 bridgehead atoms. The molecule has 8 atom stereocenters. The number of carbonyl (C=O) groups excluding carboxylic acids is 11. The molecule has 0 aliphatic carbocycles. The summed E-state index contributed by atoms with van der Waals surface area (Å²) >= 11 is 1.25. The second kappa shape index (κ2) is 42.2. The highest BCUT2D eigenvalue weighted by Gasteiger charge is 2.35. The molecule has 2 aromatic carbocycles. The van der Waals surface area contributed by atoms with Crippen molar-refractivity contribution in [1.82, 2.24) is 62.9 Å². The van der Waals surface area contributed by atoms with E-state index in [4.69, 9.17) is 15.2 Å². The van der Waals surface area contributed by atoms with Crippen LogP contribution in [0.2, 0.25) is 0 Å². The van der Waals surface area contributed by atoms with Crippen LogP contribution in [-0.2, 0) is 76.7 Å². The lowest BCUT2D eigenvalue weighted by Gasteiger charge is -2.35. The number of piperidine rings is 1. The Labute approximate surface area is 552 Å². The Hall–Kier alpha value is -8.07. The van der Waals surface area contributed by atoms with Crippen molar-refractivity contribution < 1.29 is 77.2 Å². The largest absolute Gasteiger partial charge is 0.508 e. The molecule has 2 heterocycles. The van der Waals surface area contributed by atoms with Crippen molar-refractivity contribution in [2.75, 3.05) is 64.6 Å². The number of carboxylic acid groups (broad SMARTS) is 1. The van der Waals surface area contributed by atoms with E-state index >= 15 is 0 Å². The number of aromatic nitrogens is 1. The lowest BCUT2D eigenvalue weighted by atomic mass is 9.95. The third-order valence-electron chi connectivity index (χ3n) is 14.9. The minimum absolute atomic E-state index is 0.0410. The number of hydrogen-bond donors (Lipinski definition) is 12. The second-order valence-corrected chi connectivity index (χ2v) is 25.9. The fraction of sp³-hybridized carbons (Fsp3) is 0.557. The molecule has 512 valence electrons. The molecule has 1 fully saturated rings. The second-order valence-electron chi connectivity index (χ2n) is 22.3. The standard InChI is InChI=1S/C61H89N13O16S3/c1-6-14-52(80)90-37-74(60(87)53(38(3)7-2)70-59(86)48-17-11-12-24-73(48)5)25-13-18-50-68-47(35-91-50)58(85)67-42(30-41-19-21-43(76)22-20-41)29-39(4)54(81)71-72-61(88)89-26-28-93-92-27-23-63-57(84)46(32-51(78)79)69-55(82)44(62)33-64-49(77)34-65-56(83)45(66-36-75)31-40-15-9-8-10-16-40/h8-10,15-16,19-22,35-36,38-39,42,44-46,48,53,76H,6-7,11-14,17-18,23-34,37,62H2,1-5H3,(H,63,84)(H,64,77)(H,65,83)(H,66,75)(H,67,85)(H,69,82)(H,70,86)(H,71,81)(H,72,88)(H,78,79)/t38?,39-,42+,44-,45-,46-,48+,53-/m0/s1. The zero-order valence-electron chi connectivity index (χ0n) is 53.1. The van der Waals surface area contributed by atoms with E-state index in [0.29, 0.717) is 49.3 Å². The van der Waals surface area contributed by atoms with Gasteiger partial charge in [-0.15, -0.1) is 11.3 Å². The number of aliphatic carboxylic acids is 1. The van der Waals surface area contributed by atoms with Gasteiger partial charge < -0.3 is 67.5 Å². The van der Waals surface area contributed by atoms with E-state index in [2.05, 4.69) is 53.1 Å². The van der Waals surface area contributed by atoms with Gasteiger partial charge in [-0.25, -0.2) is 15.2 Å². The number of benzene rings is 2. The van der Waals surface area contributed by atoms with Gasteiger partial charge in [0, 0.05) is 67.7 Å². The number of nitrogens with zero attached hydrogens (tertiary/aromatic N) is 3. The van der Waals surface area contributed by atoms with E-state index in [1.807, 2.05) is 32.7 Å². The van der Waals surface area contributed by atoms with Crippen LogP contribution in [0.1, 0.15) is 112 Å². The normalized spacial score (nSPS) is 15.1. The number of carboxylic acids is 1. The molecule has 29 nitrogen and oxygen atoms in total. The number of nitrogens with one attached hydrogen (secondary N) is 9. The molecule has 4 rings (SSSR count). The molecule has 1 saturated heterocycles. The van der Waals surface area contributed by atoms with Gasteiger partial charge in [0.1, 0.15) is 42.2 Å². The lowest BCUT2D eigenvalue weighted by molar-refractivity contribution is -0.155. The number of aryl methyl sites for hydroxylation is 1. The van der Waals surface area contributed by atoms with Gasteiger partial charge in [-0.05, 0) is 81.3 Å². The predicted octanol–water partition coefficient (Wildman–Crippen LogP) is 1.42. The zero-order valence-corrected chi connectivity index (χ0v) is 55.5. The van der Waals surface area contributed by atoms with Crippen LogP contribution >= 0.6 is 32.9 Å². The molecule has 1 aromatic heterocycles. The topological polar surface area (TPSA) is 417 Å². The number of phenols is 1. The fourth-order valence-corrected chi connectivity index (χ4v) is 12.0. The van der Waals surface area contributed by atoms with Crippen LogP contribution < -0.4 is 53.8 Å². The number of nitrogens with two attached hydrogens (primary N) is 1. The Morgan fingerprint density at radius 2 is 1.55 bits per heavy atom. The van der Waals surface area contributed by atoms with Crippen molar-refractivity contribution in [1.29, 1.82) is 0 Å². The lowest BCUT2D eigenvalue weighted by Crippen LogP contribution is -2.57. The average molecular weight is 1360 g/mol. The Kier molecular flexibility index (Phi) is 35.1. The molecule has 3 aromatic rings. The van der Waals surface area contributed by atoms with Crippen LogP contribution in [0.15, 0.2) is 60.0 Å². The number of ether oxygens (including phenoxy) is 2. The van der Waals surface area contributed by atoms with Gasteiger partial charge in [-0.2, -0.15) is 0 Å². The molecule has 1 aliphatic heterocycles. The van der Waals surface area contributed by atoms with Crippen LogP contribution in [0.5, 0.6) is 5.75 Å². The van der Waals surface area contributed by atoms with Crippen LogP contribution in [0.4, 0.5) is 4.79 Å². The quantitative estimate of drug-likeness (QED) is 0.00954. The van der Waals surface area contributed by atoms with Crippen molar-refractivity contribution >= 4 is 105 Å². The third kappa shape index (κ3) is 29.2. The van der Waals surface area contributed by atoms with Crippen molar-refractivity contribution in [3.05, 3.63) is 81.8 Å². The summed E-state index contributed by atoms with van der Waals surface area (Å²) in [7, 11) is 4.47. The summed E-state index contributed by atoms with van der Waals surface area (Å²) in [5, 5.41) is 39.5. The van der Waals surface area contributed by atoms with Gasteiger partial charge in [0.15, 0.2) is 6.73 Å². The summed E-state index contributed by atoms with van der Waals surface area (Å²) in [6.45, 7) is 7.00. The summed E-state index contributed by atoms with van der Waals surface area (Å²) in [5.74, 6) is -6.92. The number of hydrazine groups is 1. The molecular formula is C61H89N13O16S3. The van der Waals surface area contributed by atoms with Crippen molar-refractivity contribution in [3.63, 3.8) is 0 Å². The van der Waals surface area contributed by atoms with Gasteiger partial charge in [0.2, 0.25) is 47.8 Å². The smallest absolute Gasteiger partial charge is 0.426 e. The summed E-state index contributed by atoms with van der Waals surface area (Å²) in [6.07, 6.45) is 3.89. The monoisotopic (exact) mass is 1360 g/mol. The highest BCUT2D eigenvalue weighted by molar-refractivity contribution is 8.76. The number of likely N-dealkylation sites (tertiary alicyclic amines) is 1. The Bertz CT molecular complexity index is 2930. The first-order valence-electron chi connectivity index (χ1n) is 30.8. The number of hydrogen-bond acceptors (Lipinski definition) is 21. The van der Waals surface area contributed by atoms with Crippen LogP contribution in [-0.4, -0.2) is 198 Å². The third-order valence-corrected chi connectivity index (χ3v) is 18.1. The highest BCUT2D eigenvalue weighted by atomic mass is 33.1. The molecule has 1 aliphatic rings. The minimum Gasteiger partial charge on any atom is -0.508 e. The number of phenolic OH excluding ortho intramolecular Hbond substituents is 1.